The Morgan fingerprint density at radius 1 is 1.17 bits per heavy atom. The van der Waals surface area contributed by atoms with Crippen molar-refractivity contribution in [1.82, 2.24) is 14.9 Å². The Hall–Kier alpha value is -1.88. The van der Waals surface area contributed by atoms with Gasteiger partial charge in [-0.15, -0.1) is 0 Å². The average molecular weight is 362 g/mol. The van der Waals surface area contributed by atoms with Crippen LogP contribution in [0.4, 0.5) is 0 Å². The molecule has 4 nitrogen and oxygen atoms in total. The third-order valence-corrected chi connectivity index (χ3v) is 4.84. The Morgan fingerprint density at radius 2 is 1.92 bits per heavy atom. The van der Waals surface area contributed by atoms with Crippen LogP contribution in [0, 0.1) is 0 Å². The van der Waals surface area contributed by atoms with Gasteiger partial charge in [0.1, 0.15) is 5.82 Å². The van der Waals surface area contributed by atoms with Crippen LogP contribution in [0.3, 0.4) is 0 Å². The third kappa shape index (κ3) is 3.46. The molecule has 0 saturated carbocycles. The van der Waals surface area contributed by atoms with Crippen LogP contribution in [-0.2, 0) is 6.54 Å². The van der Waals surface area contributed by atoms with Gasteiger partial charge < -0.3 is 4.98 Å². The van der Waals surface area contributed by atoms with Crippen LogP contribution >= 0.6 is 23.2 Å². The second-order valence-electron chi connectivity index (χ2n) is 5.81. The highest BCUT2D eigenvalue weighted by Crippen LogP contribution is 2.25. The van der Waals surface area contributed by atoms with E-state index in [-0.39, 0.29) is 11.6 Å². The summed E-state index contributed by atoms with van der Waals surface area (Å²) < 4.78 is 0. The number of fused-ring (bicyclic) bond motifs is 1. The third-order valence-electron chi connectivity index (χ3n) is 4.10. The Balaban J connectivity index is 1.86. The molecule has 0 amide bonds. The molecule has 0 aliphatic rings. The summed E-state index contributed by atoms with van der Waals surface area (Å²) in [5, 5.41) is 1.67. The summed E-state index contributed by atoms with van der Waals surface area (Å²) in [5.74, 6) is 0.640. The van der Waals surface area contributed by atoms with Gasteiger partial charge in [0.05, 0.1) is 27.0 Å². The highest BCUT2D eigenvalue weighted by atomic mass is 35.5. The number of rotatable bonds is 4. The van der Waals surface area contributed by atoms with Crippen molar-refractivity contribution >= 4 is 34.1 Å². The number of H-pyrrole nitrogens is 1. The molecule has 1 heterocycles. The zero-order valence-corrected chi connectivity index (χ0v) is 14.9. The van der Waals surface area contributed by atoms with Gasteiger partial charge >= 0.3 is 0 Å². The summed E-state index contributed by atoms with van der Waals surface area (Å²) in [6, 6.07) is 12.8. The van der Waals surface area contributed by atoms with Gasteiger partial charge in [-0.1, -0.05) is 41.4 Å². The van der Waals surface area contributed by atoms with Crippen molar-refractivity contribution in [3.8, 4) is 0 Å². The lowest BCUT2D eigenvalue weighted by atomic mass is 10.1. The van der Waals surface area contributed by atoms with E-state index in [9.17, 15) is 4.79 Å². The maximum atomic E-state index is 12.2. The van der Waals surface area contributed by atoms with Gasteiger partial charge in [-0.3, -0.25) is 9.69 Å². The van der Waals surface area contributed by atoms with Crippen molar-refractivity contribution < 1.29 is 0 Å². The Kier molecular flexibility index (Phi) is 4.90. The molecular weight excluding hydrogens is 345 g/mol. The summed E-state index contributed by atoms with van der Waals surface area (Å²) in [5.41, 5.74) is 1.62. The van der Waals surface area contributed by atoms with Crippen LogP contribution in [0.15, 0.2) is 47.3 Å². The zero-order chi connectivity index (χ0) is 17.3. The van der Waals surface area contributed by atoms with Crippen molar-refractivity contribution in [2.24, 2.45) is 0 Å². The standard InChI is InChI=1S/C18H17Cl2N3O/c1-11(23(2)10-12-7-8-14(19)15(20)9-12)17-21-16-6-4-3-5-13(16)18(24)22-17/h3-9,11H,10H2,1-2H3,(H,21,22,24). The lowest BCUT2D eigenvalue weighted by Crippen LogP contribution is -2.26. The van der Waals surface area contributed by atoms with E-state index in [1.165, 1.54) is 0 Å². The number of hydrogen-bond acceptors (Lipinski definition) is 3. The Labute approximate surface area is 150 Å². The molecule has 0 radical (unpaired) electrons. The molecule has 0 bridgehead atoms. The molecule has 124 valence electrons. The van der Waals surface area contributed by atoms with Crippen LogP contribution in [0.1, 0.15) is 24.4 Å². The van der Waals surface area contributed by atoms with Crippen molar-refractivity contribution in [3.05, 3.63) is 74.3 Å². The lowest BCUT2D eigenvalue weighted by Gasteiger charge is -2.24. The fourth-order valence-corrected chi connectivity index (χ4v) is 2.89. The monoisotopic (exact) mass is 361 g/mol. The molecule has 3 rings (SSSR count). The minimum atomic E-state index is -0.120. The van der Waals surface area contributed by atoms with E-state index in [4.69, 9.17) is 23.2 Å². The molecule has 1 aromatic heterocycles. The van der Waals surface area contributed by atoms with Gasteiger partial charge in [-0.2, -0.15) is 0 Å². The number of aromatic amines is 1. The molecule has 6 heteroatoms. The lowest BCUT2D eigenvalue weighted by molar-refractivity contribution is 0.244. The zero-order valence-electron chi connectivity index (χ0n) is 13.4. The molecule has 24 heavy (non-hydrogen) atoms. The number of para-hydroxylation sites is 1. The van der Waals surface area contributed by atoms with Crippen LogP contribution in [-0.4, -0.2) is 21.9 Å². The summed E-state index contributed by atoms with van der Waals surface area (Å²) >= 11 is 12.0. The van der Waals surface area contributed by atoms with Gasteiger partial charge in [0.25, 0.3) is 5.56 Å². The van der Waals surface area contributed by atoms with Gasteiger partial charge in [0.2, 0.25) is 0 Å². The quantitative estimate of drug-likeness (QED) is 0.747. The summed E-state index contributed by atoms with van der Waals surface area (Å²) in [6.45, 7) is 2.67. The topological polar surface area (TPSA) is 49.0 Å². The first-order chi connectivity index (χ1) is 11.5. The van der Waals surface area contributed by atoms with Crippen LogP contribution < -0.4 is 5.56 Å². The Morgan fingerprint density at radius 3 is 2.67 bits per heavy atom. The minimum absolute atomic E-state index is 0.0586. The van der Waals surface area contributed by atoms with E-state index in [1.54, 1.807) is 12.1 Å². The number of hydrogen-bond donors (Lipinski definition) is 1. The van der Waals surface area contributed by atoms with E-state index in [0.29, 0.717) is 33.3 Å². The number of aromatic nitrogens is 2. The second-order valence-corrected chi connectivity index (χ2v) is 6.62. The molecule has 0 aliphatic heterocycles. The SMILES string of the molecule is CC(c1nc2ccccc2c(=O)[nH]1)N(C)Cc1ccc(Cl)c(Cl)c1. The van der Waals surface area contributed by atoms with Gasteiger partial charge in [0, 0.05) is 6.54 Å². The second kappa shape index (κ2) is 6.93. The van der Waals surface area contributed by atoms with Gasteiger partial charge in [-0.25, -0.2) is 4.98 Å². The fraction of sp³-hybridized carbons (Fsp3) is 0.222. The van der Waals surface area contributed by atoms with E-state index in [2.05, 4.69) is 14.9 Å². The van der Waals surface area contributed by atoms with Crippen molar-refractivity contribution in [2.75, 3.05) is 7.05 Å². The van der Waals surface area contributed by atoms with Crippen molar-refractivity contribution in [2.45, 2.75) is 19.5 Å². The molecule has 2 aromatic carbocycles. The Bertz CT molecular complexity index is 939. The van der Waals surface area contributed by atoms with Crippen LogP contribution in [0.25, 0.3) is 10.9 Å². The highest BCUT2D eigenvalue weighted by Gasteiger charge is 2.16. The number of nitrogens with one attached hydrogen (secondary N) is 1. The summed E-state index contributed by atoms with van der Waals surface area (Å²) in [6.07, 6.45) is 0. The molecule has 1 atom stereocenters. The molecule has 3 aromatic rings. The number of halogens is 2. The summed E-state index contributed by atoms with van der Waals surface area (Å²) in [4.78, 5) is 21.8. The van der Waals surface area contributed by atoms with Crippen molar-refractivity contribution in [1.29, 1.82) is 0 Å². The maximum absolute atomic E-state index is 12.2. The van der Waals surface area contributed by atoms with E-state index in [0.717, 1.165) is 5.56 Å². The smallest absolute Gasteiger partial charge is 0.258 e. The summed E-state index contributed by atoms with van der Waals surface area (Å²) in [7, 11) is 1.97. The van der Waals surface area contributed by atoms with E-state index in [1.807, 2.05) is 44.3 Å². The molecule has 0 fully saturated rings. The van der Waals surface area contributed by atoms with Crippen molar-refractivity contribution in [3.63, 3.8) is 0 Å². The van der Waals surface area contributed by atoms with Crippen LogP contribution in [0.2, 0.25) is 10.0 Å². The first kappa shape index (κ1) is 17.0. The first-order valence-corrected chi connectivity index (χ1v) is 8.34. The van der Waals surface area contributed by atoms with Gasteiger partial charge in [-0.05, 0) is 43.8 Å². The molecule has 0 saturated heterocycles. The minimum Gasteiger partial charge on any atom is -0.309 e. The van der Waals surface area contributed by atoms with E-state index >= 15 is 0 Å². The van der Waals surface area contributed by atoms with Crippen LogP contribution in [0.5, 0.6) is 0 Å². The fourth-order valence-electron chi connectivity index (χ4n) is 2.57. The molecule has 1 unspecified atom stereocenters. The molecule has 1 N–H and O–H groups in total. The first-order valence-electron chi connectivity index (χ1n) is 7.59. The maximum Gasteiger partial charge on any atom is 0.258 e. The van der Waals surface area contributed by atoms with Gasteiger partial charge in [0.15, 0.2) is 0 Å². The number of benzene rings is 2. The molecule has 0 spiro atoms. The highest BCUT2D eigenvalue weighted by molar-refractivity contribution is 6.42. The predicted molar refractivity (Wildman–Crippen MR) is 98.7 cm³/mol. The predicted octanol–water partition coefficient (Wildman–Crippen LogP) is 4.42. The largest absolute Gasteiger partial charge is 0.309 e. The number of nitrogens with zero attached hydrogens (tertiary/aromatic N) is 2. The normalized spacial score (nSPS) is 12.7. The molecular formula is C18H17Cl2N3O. The molecule has 0 aliphatic carbocycles. The average Bonchev–Trinajstić information content (AvgIpc) is 2.57. The van der Waals surface area contributed by atoms with E-state index < -0.39 is 0 Å².